The van der Waals surface area contributed by atoms with Gasteiger partial charge in [0.15, 0.2) is 6.73 Å². The zero-order valence-electron chi connectivity index (χ0n) is 61.6. The van der Waals surface area contributed by atoms with Gasteiger partial charge in [-0.05, 0) is 126 Å². The van der Waals surface area contributed by atoms with E-state index >= 15 is 0 Å². The topological polar surface area (TPSA) is 527 Å². The molecule has 12 amide bonds. The molecule has 1 fully saturated rings. The number of hydrazine groups is 1. The maximum atomic E-state index is 14.5. The van der Waals surface area contributed by atoms with Crippen LogP contribution in [-0.2, 0) is 88.0 Å². The molecule has 0 spiro atoms. The Morgan fingerprint density at radius 3 is 2.08 bits per heavy atom. The fraction of sp³-hybridized carbons (Fsp3) is 0.571. The van der Waals surface area contributed by atoms with Gasteiger partial charge in [-0.25, -0.2) is 29.6 Å². The maximum absolute atomic E-state index is 14.5. The van der Waals surface area contributed by atoms with Gasteiger partial charge >= 0.3 is 48.0 Å². The average molecular weight is 1590 g/mol. The highest BCUT2D eigenvalue weighted by Gasteiger charge is 2.38. The van der Waals surface area contributed by atoms with E-state index < -0.39 is 139 Å². The molecule has 36 nitrogen and oxygen atoms in total. The number of rotatable bonds is 44. The number of carbonyl (C=O) groups excluding carboxylic acids is 11. The van der Waals surface area contributed by atoms with Gasteiger partial charge in [-0.3, -0.25) is 63.1 Å². The van der Waals surface area contributed by atoms with Crippen molar-refractivity contribution in [3.63, 3.8) is 0 Å². The Morgan fingerprint density at radius 1 is 0.716 bits per heavy atom. The number of carboxylic acid groups (broad SMARTS) is 4. The summed E-state index contributed by atoms with van der Waals surface area (Å²) in [5.74, 6) is -11.6. The number of nitrogens with one attached hydrogen (secondary N) is 11. The summed E-state index contributed by atoms with van der Waals surface area (Å²) in [6.07, 6.45) is 2.39. The van der Waals surface area contributed by atoms with Crippen molar-refractivity contribution in [3.05, 3.63) is 80.8 Å². The van der Waals surface area contributed by atoms with Gasteiger partial charge in [0.05, 0.1) is 36.2 Å². The number of phenols is 1. The number of unbranched alkanes of at least 4 members (excludes halogenated alkanes) is 1. The Kier molecular flexibility index (Phi) is 38.1. The fourth-order valence-corrected chi connectivity index (χ4v) is 14.1. The van der Waals surface area contributed by atoms with E-state index in [0.717, 1.165) is 19.4 Å². The van der Waals surface area contributed by atoms with Crippen molar-refractivity contribution in [2.45, 2.75) is 198 Å². The number of likely N-dealkylation sites (tertiary alicyclic amines) is 1. The number of hydrogen-bond donors (Lipinski definition) is 16. The number of carbonyl (C=O) groups is 15. The number of nitrogens with zero attached hydrogens (tertiary/aromatic N) is 3. The van der Waals surface area contributed by atoms with Crippen LogP contribution in [0.15, 0.2) is 47.8 Å². The zero-order chi connectivity index (χ0) is 80.3. The molecule has 2 aliphatic rings. The molecular formula is C70H100N14O22S3. The minimum absolute atomic E-state index is 0.000484. The molecule has 5 rings (SSSR count). The number of aliphatic carboxylic acids is 4. The summed E-state index contributed by atoms with van der Waals surface area (Å²) in [6.45, 7) is 9.19. The Labute approximate surface area is 641 Å². The van der Waals surface area contributed by atoms with E-state index in [0.29, 0.717) is 72.2 Å². The molecule has 1 saturated heterocycles. The number of hydrogen-bond acceptors (Lipinski definition) is 23. The van der Waals surface area contributed by atoms with Crippen molar-refractivity contribution in [3.8, 4) is 5.75 Å². The number of amides is 12. The summed E-state index contributed by atoms with van der Waals surface area (Å²) < 4.78 is 10.8. The van der Waals surface area contributed by atoms with Crippen molar-refractivity contribution in [2.24, 2.45) is 5.92 Å². The molecule has 1 aliphatic carbocycles. The standard InChI is InChI=1S/C70H100N14O22S3/c1-7-13-58(91)106-38-84(65(97)59(39(3)8-2)80-64(96)53-15-10-12-26-83(53)6)40(4)16-23-55-77-52(37-107-55)63(95)75-45-31-44-21-22-46(85)33-47(44)48(32-45)60(92)81-82-70(104)105-27-29-109-108-28-25-71-61(93)50(34-56(87)88)78-62(94)51(35-57(89)90)76-54(86)30-42-17-19-43(20-18-42)36-73-68(102)72-24-11-9-14-49(67(100)101)79-69(103)74-41(5)66(98)99/h17-22,33,37,39-41,45,48-51,53,59,85H,7-16,23-32,34-36,38H2,1-6H3,(H,71,93)(H,75,95)(H,76,86)(H,78,94)(H,80,96)(H,81,92)(H,82,104)(H,87,88)(H,89,90)(H,98,99)(H,100,101)(H2,72,73,102)(H2,74,79,103)/t39?,40-,41-,45-,48+,49+,50-,51-,53+,59-/m0/s1. The molecule has 600 valence electrons. The first-order valence-corrected chi connectivity index (χ1v) is 39.2. The molecule has 39 heteroatoms. The van der Waals surface area contributed by atoms with Crippen LogP contribution >= 0.6 is 32.9 Å². The summed E-state index contributed by atoms with van der Waals surface area (Å²) in [4.78, 5) is 199. The average Bonchev–Trinajstić information content (AvgIpc) is 1.15. The van der Waals surface area contributed by atoms with Gasteiger partial charge in [-0.2, -0.15) is 0 Å². The number of urea groups is 2. The largest absolute Gasteiger partial charge is 0.508 e. The molecule has 3 aromatic rings. The van der Waals surface area contributed by atoms with Crippen LogP contribution in [0.2, 0.25) is 0 Å². The Bertz CT molecular complexity index is 3650. The van der Waals surface area contributed by atoms with E-state index in [-0.39, 0.29) is 112 Å². The van der Waals surface area contributed by atoms with Gasteiger partial charge in [-0.15, -0.1) is 11.3 Å². The number of piperidine rings is 1. The number of phenolic OH excluding ortho intramolecular Hbond substituents is 1. The third-order valence-electron chi connectivity index (χ3n) is 17.9. The van der Waals surface area contributed by atoms with Crippen LogP contribution in [0.5, 0.6) is 5.75 Å². The highest BCUT2D eigenvalue weighted by Crippen LogP contribution is 2.35. The number of carboxylic acids is 4. The summed E-state index contributed by atoms with van der Waals surface area (Å²) >= 11 is 1.25. The van der Waals surface area contributed by atoms with Crippen molar-refractivity contribution < 1.29 is 107 Å². The van der Waals surface area contributed by atoms with Gasteiger partial charge in [0.25, 0.3) is 5.91 Å². The molecule has 1 aromatic heterocycles. The number of aryl methyl sites for hydroxylation is 1. The first-order chi connectivity index (χ1) is 51.8. The van der Waals surface area contributed by atoms with Crippen molar-refractivity contribution in [1.82, 2.24) is 73.5 Å². The van der Waals surface area contributed by atoms with Gasteiger partial charge < -0.3 is 87.8 Å². The second-order valence-corrected chi connectivity index (χ2v) is 30.0. The summed E-state index contributed by atoms with van der Waals surface area (Å²) in [5.41, 5.74) is 6.85. The molecule has 0 radical (unpaired) electrons. The number of fused-ring (bicyclic) bond motifs is 1. The fourth-order valence-electron chi connectivity index (χ4n) is 11.6. The number of aromatic hydroxyl groups is 1. The van der Waals surface area contributed by atoms with E-state index in [1.54, 1.807) is 35.7 Å². The molecular weight excluding hydrogens is 1490 g/mol. The lowest BCUT2D eigenvalue weighted by molar-refractivity contribution is -0.157. The summed E-state index contributed by atoms with van der Waals surface area (Å²) in [5, 5.41) is 72.7. The Hall–Kier alpha value is -10.0. The minimum atomic E-state index is -1.73. The molecule has 1 aliphatic heterocycles. The highest BCUT2D eigenvalue weighted by molar-refractivity contribution is 8.76. The third kappa shape index (κ3) is 31.6. The minimum Gasteiger partial charge on any atom is -0.508 e. The summed E-state index contributed by atoms with van der Waals surface area (Å²) in [7, 11) is 4.36. The second kappa shape index (κ2) is 46.4. The number of esters is 1. The van der Waals surface area contributed by atoms with E-state index in [9.17, 15) is 92.3 Å². The van der Waals surface area contributed by atoms with Crippen LogP contribution in [0.3, 0.4) is 0 Å². The van der Waals surface area contributed by atoms with Crippen molar-refractivity contribution in [2.75, 3.05) is 51.5 Å². The van der Waals surface area contributed by atoms with E-state index in [4.69, 9.17) is 14.6 Å². The van der Waals surface area contributed by atoms with E-state index in [2.05, 4.69) is 63.7 Å². The first kappa shape index (κ1) is 89.6. The monoisotopic (exact) mass is 1580 g/mol. The molecule has 1 unspecified atom stereocenters. The van der Waals surface area contributed by atoms with Crippen LogP contribution < -0.4 is 58.7 Å². The predicted molar refractivity (Wildman–Crippen MR) is 398 cm³/mol. The molecule has 2 heterocycles. The first-order valence-electron chi connectivity index (χ1n) is 35.8. The molecule has 0 bridgehead atoms. The number of benzene rings is 2. The smallest absolute Gasteiger partial charge is 0.426 e. The highest BCUT2D eigenvalue weighted by atomic mass is 33.1. The van der Waals surface area contributed by atoms with Gasteiger partial charge in [0, 0.05) is 61.4 Å². The SMILES string of the molecule is CCCC(=O)OCN(C(=O)[C@@H](NC(=O)[C@H]1CCCCN1C)C(C)CC)[C@@H](C)CCc1nc(C(=O)N[C@H]2Cc3ccc(O)cc3[C@H](C(=O)NNC(=O)OCCSSCCNC(=O)[C@H](CC(=O)O)NC(=O)[C@H](CC(=O)O)NC(=O)Cc3ccc(CNC(=O)NCCCC[C@@H](NC(=O)N[C@@H](C)C(=O)O)C(=O)O)cc3)C2)cs1. The Morgan fingerprint density at radius 2 is 1.41 bits per heavy atom. The predicted octanol–water partition coefficient (Wildman–Crippen LogP) is 2.75. The van der Waals surface area contributed by atoms with Gasteiger partial charge in [0.2, 0.25) is 35.4 Å². The quantitative estimate of drug-likeness (QED) is 0.0127. The van der Waals surface area contributed by atoms with Crippen molar-refractivity contribution >= 4 is 122 Å². The zero-order valence-corrected chi connectivity index (χ0v) is 64.1. The normalized spacial score (nSPS) is 16.5. The number of thiazole rings is 1. The van der Waals surface area contributed by atoms with Crippen LogP contribution in [0.1, 0.15) is 162 Å². The number of likely N-dealkylation sites (N-methyl/N-ethyl adjacent to an activating group) is 1. The van der Waals surface area contributed by atoms with E-state index in [1.807, 2.05) is 39.6 Å². The summed E-state index contributed by atoms with van der Waals surface area (Å²) in [6, 6.07) is 1.01. The van der Waals surface area contributed by atoms with Gasteiger partial charge in [0.1, 0.15) is 48.3 Å². The lowest BCUT2D eigenvalue weighted by atomic mass is 9.79. The third-order valence-corrected chi connectivity index (χ3v) is 21.1. The molecule has 10 atom stereocenters. The second-order valence-electron chi connectivity index (χ2n) is 26.4. The number of ether oxygens (including phenoxy) is 2. The Balaban J connectivity index is 1.01. The molecule has 109 heavy (non-hydrogen) atoms. The van der Waals surface area contributed by atoms with E-state index in [1.165, 1.54) is 56.9 Å². The van der Waals surface area contributed by atoms with Crippen LogP contribution in [0, 0.1) is 5.92 Å². The van der Waals surface area contributed by atoms with Crippen LogP contribution in [0.25, 0.3) is 0 Å². The lowest BCUT2D eigenvalue weighted by Gasteiger charge is -2.36. The van der Waals surface area contributed by atoms with Gasteiger partial charge in [-0.1, -0.05) is 85.5 Å². The molecule has 2 aromatic carbocycles. The number of aromatic nitrogens is 1. The van der Waals surface area contributed by atoms with Crippen LogP contribution in [-0.4, -0.2) is 230 Å². The lowest BCUT2D eigenvalue weighted by Crippen LogP contribution is -2.58. The molecule has 16 N–H and O–H groups in total. The van der Waals surface area contributed by atoms with Crippen molar-refractivity contribution in [1.29, 1.82) is 0 Å². The van der Waals surface area contributed by atoms with Crippen LogP contribution in [0.4, 0.5) is 14.4 Å². The molecule has 0 saturated carbocycles. The maximum Gasteiger partial charge on any atom is 0.426 e.